The fraction of sp³-hybridized carbons (Fsp3) is 0.526. The van der Waals surface area contributed by atoms with Gasteiger partial charge in [0.1, 0.15) is 6.26 Å². The van der Waals surface area contributed by atoms with Gasteiger partial charge in [-0.15, -0.1) is 0 Å². The molecule has 3 heterocycles. The second-order valence-corrected chi connectivity index (χ2v) is 7.10. The minimum atomic E-state index is -0.0957. The lowest BCUT2D eigenvalue weighted by molar-refractivity contribution is 0.0761. The third-order valence-electron chi connectivity index (χ3n) is 4.76. The van der Waals surface area contributed by atoms with E-state index in [1.165, 1.54) is 12.5 Å². The second-order valence-electron chi connectivity index (χ2n) is 7.10. The number of furan rings is 1. The first-order valence-electron chi connectivity index (χ1n) is 9.32. The van der Waals surface area contributed by atoms with Crippen molar-refractivity contribution in [2.45, 2.75) is 39.8 Å². The van der Waals surface area contributed by atoms with Crippen LogP contribution < -0.4 is 5.32 Å². The van der Waals surface area contributed by atoms with Gasteiger partial charge in [-0.1, -0.05) is 0 Å². The van der Waals surface area contributed by atoms with Crippen molar-refractivity contribution in [1.82, 2.24) is 24.9 Å². The van der Waals surface area contributed by atoms with Gasteiger partial charge in [-0.2, -0.15) is 5.10 Å². The van der Waals surface area contributed by atoms with Gasteiger partial charge in [-0.25, -0.2) is 4.79 Å². The van der Waals surface area contributed by atoms with Crippen molar-refractivity contribution in [3.05, 3.63) is 41.6 Å². The molecule has 0 saturated carbocycles. The molecule has 0 aliphatic carbocycles. The highest BCUT2D eigenvalue weighted by Crippen LogP contribution is 2.10. The molecule has 8 nitrogen and oxygen atoms in total. The monoisotopic (exact) mass is 373 g/mol. The lowest BCUT2D eigenvalue weighted by atomic mass is 10.3. The number of carbonyl (C=O) groups excluding carboxylic acids is 2. The van der Waals surface area contributed by atoms with Crippen LogP contribution in [0.2, 0.25) is 0 Å². The molecule has 8 heteroatoms. The number of hydrogen-bond acceptors (Lipinski definition) is 4. The van der Waals surface area contributed by atoms with E-state index in [4.69, 9.17) is 4.42 Å². The summed E-state index contributed by atoms with van der Waals surface area (Å²) in [4.78, 5) is 28.6. The van der Waals surface area contributed by atoms with Crippen LogP contribution in [0.4, 0.5) is 4.79 Å². The molecule has 1 atom stereocenters. The molecule has 0 unspecified atom stereocenters. The van der Waals surface area contributed by atoms with E-state index < -0.39 is 0 Å². The van der Waals surface area contributed by atoms with Crippen molar-refractivity contribution in [2.75, 3.05) is 26.2 Å². The minimum absolute atomic E-state index is 0.0394. The van der Waals surface area contributed by atoms with Crippen LogP contribution in [0.15, 0.2) is 29.1 Å². The van der Waals surface area contributed by atoms with E-state index in [1.807, 2.05) is 31.5 Å². The van der Waals surface area contributed by atoms with Crippen molar-refractivity contribution >= 4 is 11.9 Å². The van der Waals surface area contributed by atoms with Crippen molar-refractivity contribution in [1.29, 1.82) is 0 Å². The Kier molecular flexibility index (Phi) is 5.83. The lowest BCUT2D eigenvalue weighted by Crippen LogP contribution is -2.46. The minimum Gasteiger partial charge on any atom is -0.472 e. The molecule has 0 bridgehead atoms. The molecular formula is C19H27N5O3. The third kappa shape index (κ3) is 4.69. The Morgan fingerprint density at radius 2 is 1.96 bits per heavy atom. The van der Waals surface area contributed by atoms with Crippen LogP contribution in [0.1, 0.15) is 35.1 Å². The molecule has 146 valence electrons. The number of nitrogens with one attached hydrogen (secondary N) is 1. The molecule has 1 aliphatic rings. The molecule has 0 spiro atoms. The Balaban J connectivity index is 1.51. The van der Waals surface area contributed by atoms with E-state index in [-0.39, 0.29) is 18.0 Å². The zero-order chi connectivity index (χ0) is 19.4. The number of aromatic nitrogens is 2. The standard InChI is InChI=1S/C19H27N5O3/c1-14-11-16(3)24(21-14)12-15(2)20-19(26)23-7-4-6-22(8-9-23)18(25)17-5-10-27-13-17/h5,10-11,13,15H,4,6-9,12H2,1-3H3,(H,20,26)/t15-/m1/s1. The summed E-state index contributed by atoms with van der Waals surface area (Å²) in [6.07, 6.45) is 3.70. The summed E-state index contributed by atoms with van der Waals surface area (Å²) in [5, 5.41) is 7.48. The topological polar surface area (TPSA) is 83.6 Å². The van der Waals surface area contributed by atoms with Crippen LogP contribution in [-0.4, -0.2) is 63.7 Å². The predicted octanol–water partition coefficient (Wildman–Crippen LogP) is 2.04. The second kappa shape index (κ2) is 8.28. The average molecular weight is 373 g/mol. The molecular weight excluding hydrogens is 346 g/mol. The summed E-state index contributed by atoms with van der Waals surface area (Å²) in [5.74, 6) is -0.0519. The normalized spacial score (nSPS) is 16.1. The number of urea groups is 1. The van der Waals surface area contributed by atoms with Gasteiger partial charge in [0.25, 0.3) is 5.91 Å². The van der Waals surface area contributed by atoms with E-state index >= 15 is 0 Å². The summed E-state index contributed by atoms with van der Waals surface area (Å²) in [6.45, 7) is 8.87. The van der Waals surface area contributed by atoms with Crippen LogP contribution in [0.3, 0.4) is 0 Å². The number of aryl methyl sites for hydroxylation is 2. The molecule has 3 rings (SSSR count). The van der Waals surface area contributed by atoms with E-state index in [1.54, 1.807) is 15.9 Å². The summed E-state index contributed by atoms with van der Waals surface area (Å²) in [5.41, 5.74) is 2.60. The number of rotatable bonds is 4. The molecule has 1 aliphatic heterocycles. The van der Waals surface area contributed by atoms with Crippen molar-refractivity contribution in [2.24, 2.45) is 0 Å². The Morgan fingerprint density at radius 1 is 1.22 bits per heavy atom. The zero-order valence-corrected chi connectivity index (χ0v) is 16.1. The Labute approximate surface area is 159 Å². The molecule has 2 aromatic heterocycles. The maximum absolute atomic E-state index is 12.6. The SMILES string of the molecule is Cc1cc(C)n(C[C@@H](C)NC(=O)N2CCCN(C(=O)c3ccoc3)CC2)n1. The fourth-order valence-corrected chi connectivity index (χ4v) is 3.36. The first-order valence-corrected chi connectivity index (χ1v) is 9.32. The fourth-order valence-electron chi connectivity index (χ4n) is 3.36. The largest absolute Gasteiger partial charge is 0.472 e. The highest BCUT2D eigenvalue weighted by Gasteiger charge is 2.24. The molecule has 27 heavy (non-hydrogen) atoms. The highest BCUT2D eigenvalue weighted by molar-refractivity contribution is 5.93. The predicted molar refractivity (Wildman–Crippen MR) is 100 cm³/mol. The molecule has 1 N–H and O–H groups in total. The Bertz CT molecular complexity index is 783. The average Bonchev–Trinajstić information content (AvgIpc) is 3.17. The van der Waals surface area contributed by atoms with E-state index in [9.17, 15) is 9.59 Å². The number of amides is 3. The smallest absolute Gasteiger partial charge is 0.317 e. The molecule has 2 aromatic rings. The van der Waals surface area contributed by atoms with Gasteiger partial charge in [0.2, 0.25) is 0 Å². The number of carbonyl (C=O) groups is 2. The number of nitrogens with zero attached hydrogens (tertiary/aromatic N) is 4. The Morgan fingerprint density at radius 3 is 2.63 bits per heavy atom. The summed E-state index contributed by atoms with van der Waals surface area (Å²) in [6, 6.07) is 3.55. The van der Waals surface area contributed by atoms with Gasteiger partial charge in [-0.3, -0.25) is 9.48 Å². The Hall–Kier alpha value is -2.77. The van der Waals surface area contributed by atoms with Crippen molar-refractivity contribution in [3.8, 4) is 0 Å². The van der Waals surface area contributed by atoms with Gasteiger partial charge in [-0.05, 0) is 39.3 Å². The maximum atomic E-state index is 12.6. The summed E-state index contributed by atoms with van der Waals surface area (Å²) >= 11 is 0. The highest BCUT2D eigenvalue weighted by atomic mass is 16.3. The first-order chi connectivity index (χ1) is 12.9. The van der Waals surface area contributed by atoms with Gasteiger partial charge in [0.05, 0.1) is 24.1 Å². The van der Waals surface area contributed by atoms with Crippen LogP contribution in [0, 0.1) is 13.8 Å². The van der Waals surface area contributed by atoms with Gasteiger partial charge < -0.3 is 19.5 Å². The quantitative estimate of drug-likeness (QED) is 0.889. The van der Waals surface area contributed by atoms with Gasteiger partial charge >= 0.3 is 6.03 Å². The summed E-state index contributed by atoms with van der Waals surface area (Å²) in [7, 11) is 0. The maximum Gasteiger partial charge on any atom is 0.317 e. The molecule has 0 radical (unpaired) electrons. The third-order valence-corrected chi connectivity index (χ3v) is 4.76. The molecule has 0 aromatic carbocycles. The molecule has 1 fully saturated rings. The van der Waals surface area contributed by atoms with Crippen LogP contribution >= 0.6 is 0 Å². The van der Waals surface area contributed by atoms with Crippen LogP contribution in [-0.2, 0) is 6.54 Å². The van der Waals surface area contributed by atoms with Crippen LogP contribution in [0.25, 0.3) is 0 Å². The number of hydrogen-bond donors (Lipinski definition) is 1. The van der Waals surface area contributed by atoms with Crippen LogP contribution in [0.5, 0.6) is 0 Å². The zero-order valence-electron chi connectivity index (χ0n) is 16.1. The first kappa shape index (κ1) is 19.0. The lowest BCUT2D eigenvalue weighted by Gasteiger charge is -2.24. The van der Waals surface area contributed by atoms with E-state index in [2.05, 4.69) is 10.4 Å². The molecule has 1 saturated heterocycles. The van der Waals surface area contributed by atoms with Gasteiger partial charge in [0.15, 0.2) is 0 Å². The van der Waals surface area contributed by atoms with Crippen molar-refractivity contribution in [3.63, 3.8) is 0 Å². The van der Waals surface area contributed by atoms with Crippen molar-refractivity contribution < 1.29 is 14.0 Å². The van der Waals surface area contributed by atoms with E-state index in [0.717, 1.165) is 17.8 Å². The molecule has 3 amide bonds. The van der Waals surface area contributed by atoms with E-state index in [0.29, 0.717) is 38.3 Å². The summed E-state index contributed by atoms with van der Waals surface area (Å²) < 4.78 is 6.90. The van der Waals surface area contributed by atoms with Gasteiger partial charge in [0, 0.05) is 37.9 Å².